The summed E-state index contributed by atoms with van der Waals surface area (Å²) < 4.78 is 17.4. The van der Waals surface area contributed by atoms with Gasteiger partial charge in [-0.1, -0.05) is 83.1 Å². The standard InChI is InChI=1S/C33H43N3O5/c1-32(2,3)22-20-26(33(4,5)6)30(39-7)27(21-22)34-31(37)29(35-38)25-12-13-28(24-11-9-8-10-23(24)25)41-19-16-36-14-17-40-18-15-36/h8-13,20-21,29H,14-19H2,1-7H3,(H,34,37). The summed E-state index contributed by atoms with van der Waals surface area (Å²) in [5.41, 5.74) is 2.68. The van der Waals surface area contributed by atoms with Gasteiger partial charge in [-0.15, -0.1) is 4.91 Å². The predicted molar refractivity (Wildman–Crippen MR) is 164 cm³/mol. The van der Waals surface area contributed by atoms with Gasteiger partial charge < -0.3 is 19.5 Å². The van der Waals surface area contributed by atoms with Gasteiger partial charge in [-0.25, -0.2) is 0 Å². The van der Waals surface area contributed by atoms with Crippen LogP contribution in [0.4, 0.5) is 5.69 Å². The third-order valence-corrected chi connectivity index (χ3v) is 7.56. The summed E-state index contributed by atoms with van der Waals surface area (Å²) >= 11 is 0. The Morgan fingerprint density at radius 1 is 1.00 bits per heavy atom. The second-order valence-corrected chi connectivity index (χ2v) is 12.6. The predicted octanol–water partition coefficient (Wildman–Crippen LogP) is 6.60. The summed E-state index contributed by atoms with van der Waals surface area (Å²) in [6, 6.07) is 14.0. The van der Waals surface area contributed by atoms with Crippen molar-refractivity contribution in [2.75, 3.05) is 51.9 Å². The molecule has 1 unspecified atom stereocenters. The van der Waals surface area contributed by atoms with E-state index >= 15 is 0 Å². The van der Waals surface area contributed by atoms with Gasteiger partial charge in [0.1, 0.15) is 18.1 Å². The smallest absolute Gasteiger partial charge is 0.257 e. The SMILES string of the molecule is COc1c(NC(=O)C(N=O)c2ccc(OCCN3CCOCC3)c3ccccc23)cc(C(C)(C)C)cc1C(C)(C)C. The number of nitrogens with one attached hydrogen (secondary N) is 1. The number of methoxy groups -OCH3 is 1. The molecular formula is C33H43N3O5. The fraction of sp³-hybridized carbons (Fsp3) is 0.485. The topological polar surface area (TPSA) is 89.5 Å². The Bertz CT molecular complexity index is 1380. The number of benzene rings is 3. The van der Waals surface area contributed by atoms with Gasteiger partial charge >= 0.3 is 0 Å². The molecule has 0 aromatic heterocycles. The van der Waals surface area contributed by atoms with Crippen LogP contribution in [-0.2, 0) is 20.4 Å². The van der Waals surface area contributed by atoms with E-state index in [1.54, 1.807) is 13.2 Å². The minimum absolute atomic E-state index is 0.165. The van der Waals surface area contributed by atoms with Crippen molar-refractivity contribution < 1.29 is 19.0 Å². The molecule has 1 amide bonds. The highest BCUT2D eigenvalue weighted by molar-refractivity contribution is 6.01. The Kier molecular flexibility index (Phi) is 9.34. The van der Waals surface area contributed by atoms with E-state index in [2.05, 4.69) is 63.0 Å². The summed E-state index contributed by atoms with van der Waals surface area (Å²) in [4.78, 5) is 28.2. The minimum Gasteiger partial charge on any atom is -0.494 e. The summed E-state index contributed by atoms with van der Waals surface area (Å²) in [7, 11) is 1.59. The molecule has 1 heterocycles. The van der Waals surface area contributed by atoms with Gasteiger partial charge in [-0.2, -0.15) is 0 Å². The molecule has 1 fully saturated rings. The molecule has 4 rings (SSSR count). The highest BCUT2D eigenvalue weighted by atomic mass is 16.5. The number of fused-ring (bicyclic) bond motifs is 1. The fourth-order valence-corrected chi connectivity index (χ4v) is 5.15. The highest BCUT2D eigenvalue weighted by Gasteiger charge is 2.29. The molecule has 0 bridgehead atoms. The molecule has 3 aromatic carbocycles. The Hall–Kier alpha value is -3.49. The lowest BCUT2D eigenvalue weighted by atomic mass is 9.79. The van der Waals surface area contributed by atoms with Crippen molar-refractivity contribution in [3.05, 3.63) is 70.1 Å². The molecule has 220 valence electrons. The van der Waals surface area contributed by atoms with Crippen LogP contribution in [0, 0.1) is 4.91 Å². The van der Waals surface area contributed by atoms with Gasteiger partial charge in [-0.05, 0) is 39.5 Å². The number of carbonyl (C=O) groups excluding carboxylic acids is 1. The Morgan fingerprint density at radius 2 is 1.68 bits per heavy atom. The lowest BCUT2D eigenvalue weighted by Crippen LogP contribution is -2.38. The van der Waals surface area contributed by atoms with Crippen LogP contribution in [0.1, 0.15) is 64.3 Å². The third-order valence-electron chi connectivity index (χ3n) is 7.56. The van der Waals surface area contributed by atoms with E-state index in [4.69, 9.17) is 14.2 Å². The number of rotatable bonds is 9. The molecule has 41 heavy (non-hydrogen) atoms. The number of anilines is 1. The van der Waals surface area contributed by atoms with Crippen molar-refractivity contribution >= 4 is 22.4 Å². The van der Waals surface area contributed by atoms with Gasteiger partial charge in [-0.3, -0.25) is 9.69 Å². The number of nitroso groups, excluding NO2 is 1. The van der Waals surface area contributed by atoms with E-state index in [1.165, 1.54) is 0 Å². The third kappa shape index (κ3) is 7.05. The zero-order chi connectivity index (χ0) is 29.8. The lowest BCUT2D eigenvalue weighted by molar-refractivity contribution is -0.117. The van der Waals surface area contributed by atoms with Crippen LogP contribution in [0.15, 0.2) is 53.7 Å². The molecule has 1 atom stereocenters. The molecule has 8 heteroatoms. The van der Waals surface area contributed by atoms with E-state index in [0.29, 0.717) is 29.4 Å². The minimum atomic E-state index is -1.26. The molecule has 1 N–H and O–H groups in total. The molecule has 0 spiro atoms. The van der Waals surface area contributed by atoms with Gasteiger partial charge in [0.05, 0.1) is 26.0 Å². The number of nitrogens with zero attached hydrogens (tertiary/aromatic N) is 2. The molecule has 8 nitrogen and oxygen atoms in total. The Labute approximate surface area is 243 Å². The average molecular weight is 562 g/mol. The van der Waals surface area contributed by atoms with Crippen molar-refractivity contribution in [2.24, 2.45) is 5.18 Å². The molecule has 1 aliphatic rings. The van der Waals surface area contributed by atoms with Crippen molar-refractivity contribution in [1.29, 1.82) is 0 Å². The molecule has 1 aliphatic heterocycles. The maximum atomic E-state index is 13.7. The van der Waals surface area contributed by atoms with Crippen LogP contribution in [-0.4, -0.2) is 57.4 Å². The number of hydrogen-bond acceptors (Lipinski definition) is 7. The highest BCUT2D eigenvalue weighted by Crippen LogP contribution is 2.42. The van der Waals surface area contributed by atoms with E-state index in [1.807, 2.05) is 36.4 Å². The van der Waals surface area contributed by atoms with Gasteiger partial charge in [0, 0.05) is 30.6 Å². The normalized spacial score (nSPS) is 15.4. The van der Waals surface area contributed by atoms with Gasteiger partial charge in [0.25, 0.3) is 5.91 Å². The number of amides is 1. The monoisotopic (exact) mass is 561 g/mol. The summed E-state index contributed by atoms with van der Waals surface area (Å²) in [6.45, 7) is 17.3. The van der Waals surface area contributed by atoms with Crippen LogP contribution in [0.2, 0.25) is 0 Å². The summed E-state index contributed by atoms with van der Waals surface area (Å²) in [5, 5.41) is 7.86. The number of morpholine rings is 1. The zero-order valence-electron chi connectivity index (χ0n) is 25.4. The molecule has 0 aliphatic carbocycles. The summed E-state index contributed by atoms with van der Waals surface area (Å²) in [5.74, 6) is 0.768. The first-order chi connectivity index (χ1) is 19.4. The maximum absolute atomic E-state index is 13.7. The van der Waals surface area contributed by atoms with E-state index in [9.17, 15) is 9.70 Å². The average Bonchev–Trinajstić information content (AvgIpc) is 2.93. The second kappa shape index (κ2) is 12.6. The van der Waals surface area contributed by atoms with Crippen molar-refractivity contribution in [3.63, 3.8) is 0 Å². The van der Waals surface area contributed by atoms with Crippen molar-refractivity contribution in [2.45, 2.75) is 58.4 Å². The number of carbonyl (C=O) groups is 1. The Balaban J connectivity index is 1.64. The van der Waals surface area contributed by atoms with Gasteiger partial charge in [0.2, 0.25) is 0 Å². The zero-order valence-corrected chi connectivity index (χ0v) is 25.4. The second-order valence-electron chi connectivity index (χ2n) is 12.6. The van der Waals surface area contributed by atoms with E-state index in [-0.39, 0.29) is 10.8 Å². The van der Waals surface area contributed by atoms with E-state index < -0.39 is 11.9 Å². The van der Waals surface area contributed by atoms with Crippen molar-refractivity contribution in [3.8, 4) is 11.5 Å². The quantitative estimate of drug-likeness (QED) is 0.296. The first-order valence-electron chi connectivity index (χ1n) is 14.2. The molecular weight excluding hydrogens is 518 g/mol. The fourth-order valence-electron chi connectivity index (χ4n) is 5.15. The first-order valence-corrected chi connectivity index (χ1v) is 14.2. The lowest BCUT2D eigenvalue weighted by Gasteiger charge is -2.29. The molecule has 1 saturated heterocycles. The van der Waals surface area contributed by atoms with Crippen LogP contribution in [0.3, 0.4) is 0 Å². The van der Waals surface area contributed by atoms with Crippen LogP contribution < -0.4 is 14.8 Å². The molecule has 3 aromatic rings. The largest absolute Gasteiger partial charge is 0.494 e. The van der Waals surface area contributed by atoms with E-state index in [0.717, 1.165) is 54.7 Å². The van der Waals surface area contributed by atoms with Gasteiger partial charge in [0.15, 0.2) is 6.04 Å². The summed E-state index contributed by atoms with van der Waals surface area (Å²) in [6.07, 6.45) is 0. The number of ether oxygens (including phenoxy) is 3. The molecule has 0 radical (unpaired) electrons. The van der Waals surface area contributed by atoms with Crippen LogP contribution in [0.5, 0.6) is 11.5 Å². The first kappa shape index (κ1) is 30.5. The van der Waals surface area contributed by atoms with Crippen LogP contribution >= 0.6 is 0 Å². The maximum Gasteiger partial charge on any atom is 0.257 e. The van der Waals surface area contributed by atoms with Crippen molar-refractivity contribution in [1.82, 2.24) is 4.90 Å². The number of hydrogen-bond donors (Lipinski definition) is 1. The molecule has 0 saturated carbocycles. The van der Waals surface area contributed by atoms with Crippen LogP contribution in [0.25, 0.3) is 10.8 Å². The Morgan fingerprint density at radius 3 is 2.29 bits per heavy atom.